The van der Waals surface area contributed by atoms with Gasteiger partial charge in [-0.2, -0.15) is 0 Å². The lowest BCUT2D eigenvalue weighted by atomic mass is 10.2. The molecule has 2 aromatic rings. The number of anilines is 2. The molecule has 6 heteroatoms. The number of pyridine rings is 1. The highest BCUT2D eigenvalue weighted by Crippen LogP contribution is 2.22. The summed E-state index contributed by atoms with van der Waals surface area (Å²) in [6.07, 6.45) is 2.04. The molecule has 0 spiro atoms. The first kappa shape index (κ1) is 13.0. The van der Waals surface area contributed by atoms with E-state index < -0.39 is 5.91 Å². The molecule has 0 radical (unpaired) electrons. The van der Waals surface area contributed by atoms with Crippen LogP contribution in [0.4, 0.5) is 11.4 Å². The van der Waals surface area contributed by atoms with Crippen molar-refractivity contribution in [1.82, 2.24) is 4.98 Å². The lowest BCUT2D eigenvalue weighted by Gasteiger charge is -2.10. The number of halogens is 1. The van der Waals surface area contributed by atoms with E-state index in [1.165, 1.54) is 6.20 Å². The molecule has 1 aromatic heterocycles. The zero-order chi connectivity index (χ0) is 13.7. The lowest BCUT2D eigenvalue weighted by Crippen LogP contribution is -2.14. The summed E-state index contributed by atoms with van der Waals surface area (Å²) in [7, 11) is 0. The molecule has 0 saturated carbocycles. The molecule has 1 aromatic carbocycles. The molecule has 1 heterocycles. The molecule has 0 aliphatic carbocycles. The number of nitrogens with one attached hydrogen (secondary N) is 2. The molecule has 0 aliphatic rings. The van der Waals surface area contributed by atoms with E-state index in [1.54, 1.807) is 36.4 Å². The third kappa shape index (κ3) is 3.08. The molecule has 0 atom stereocenters. The molecule has 5 nitrogen and oxygen atoms in total. The van der Waals surface area contributed by atoms with Gasteiger partial charge >= 0.3 is 0 Å². The second kappa shape index (κ2) is 5.97. The van der Waals surface area contributed by atoms with Crippen LogP contribution in [0.25, 0.3) is 0 Å². The van der Waals surface area contributed by atoms with Crippen molar-refractivity contribution < 1.29 is 9.59 Å². The van der Waals surface area contributed by atoms with Crippen LogP contribution in [-0.4, -0.2) is 17.3 Å². The van der Waals surface area contributed by atoms with E-state index in [9.17, 15) is 9.59 Å². The maximum atomic E-state index is 12.0. The number of rotatable bonds is 4. The van der Waals surface area contributed by atoms with Crippen molar-refractivity contribution in [1.29, 1.82) is 0 Å². The predicted molar refractivity (Wildman–Crippen MR) is 73.3 cm³/mol. The standard InChI is InChI=1S/C13H10ClN3O2/c14-12-9(4-3-7-15-12)13(19)17-11-6-2-1-5-10(11)16-8-18/h1-8H,(H,16,18)(H,17,19). The van der Waals surface area contributed by atoms with Crippen LogP contribution in [-0.2, 0) is 4.79 Å². The molecule has 0 fully saturated rings. The molecule has 96 valence electrons. The zero-order valence-electron chi connectivity index (χ0n) is 9.76. The highest BCUT2D eigenvalue weighted by Gasteiger charge is 2.12. The minimum atomic E-state index is -0.391. The summed E-state index contributed by atoms with van der Waals surface area (Å²) in [5, 5.41) is 5.30. The average Bonchev–Trinajstić information content (AvgIpc) is 2.41. The van der Waals surface area contributed by atoms with Crippen molar-refractivity contribution in [3.8, 4) is 0 Å². The maximum absolute atomic E-state index is 12.0. The first-order chi connectivity index (χ1) is 9.22. The molecule has 0 aliphatic heterocycles. The van der Waals surface area contributed by atoms with Gasteiger partial charge in [-0.1, -0.05) is 23.7 Å². The van der Waals surface area contributed by atoms with Crippen LogP contribution in [0.1, 0.15) is 10.4 Å². The summed E-state index contributed by atoms with van der Waals surface area (Å²) in [6, 6.07) is 10.0. The molecule has 2 rings (SSSR count). The highest BCUT2D eigenvalue weighted by molar-refractivity contribution is 6.33. The van der Waals surface area contributed by atoms with Crippen molar-refractivity contribution in [2.75, 3.05) is 10.6 Å². The molecule has 2 amide bonds. The van der Waals surface area contributed by atoms with E-state index in [-0.39, 0.29) is 10.7 Å². The third-order valence-electron chi connectivity index (χ3n) is 2.39. The van der Waals surface area contributed by atoms with E-state index >= 15 is 0 Å². The Morgan fingerprint density at radius 2 is 1.89 bits per heavy atom. The Morgan fingerprint density at radius 1 is 1.16 bits per heavy atom. The van der Waals surface area contributed by atoms with Crippen molar-refractivity contribution in [2.24, 2.45) is 0 Å². The Morgan fingerprint density at radius 3 is 2.58 bits per heavy atom. The fourth-order valence-electron chi connectivity index (χ4n) is 1.53. The Hall–Kier alpha value is -2.40. The number of hydrogen-bond donors (Lipinski definition) is 2. The number of carbonyl (C=O) groups excluding carboxylic acids is 2. The van der Waals surface area contributed by atoms with Crippen LogP contribution in [0.2, 0.25) is 5.15 Å². The van der Waals surface area contributed by atoms with Crippen LogP contribution in [0.15, 0.2) is 42.6 Å². The highest BCUT2D eigenvalue weighted by atomic mass is 35.5. The smallest absolute Gasteiger partial charge is 0.258 e. The van der Waals surface area contributed by atoms with Gasteiger partial charge < -0.3 is 10.6 Å². The summed E-state index contributed by atoms with van der Waals surface area (Å²) in [4.78, 5) is 26.4. The van der Waals surface area contributed by atoms with Gasteiger partial charge in [0, 0.05) is 6.20 Å². The van der Waals surface area contributed by atoms with Crippen molar-refractivity contribution in [2.45, 2.75) is 0 Å². The summed E-state index contributed by atoms with van der Waals surface area (Å²) in [6.45, 7) is 0. The van der Waals surface area contributed by atoms with Gasteiger partial charge in [-0.15, -0.1) is 0 Å². The molecular weight excluding hydrogens is 266 g/mol. The van der Waals surface area contributed by atoms with Gasteiger partial charge in [-0.25, -0.2) is 4.98 Å². The lowest BCUT2D eigenvalue weighted by molar-refractivity contribution is -0.105. The van der Waals surface area contributed by atoms with Gasteiger partial charge in [-0.05, 0) is 24.3 Å². The number of benzene rings is 1. The topological polar surface area (TPSA) is 71.1 Å². The Labute approximate surface area is 114 Å². The summed E-state index contributed by atoms with van der Waals surface area (Å²) in [5.41, 5.74) is 1.26. The molecule has 2 N–H and O–H groups in total. The van der Waals surface area contributed by atoms with E-state index in [2.05, 4.69) is 15.6 Å². The number of carbonyl (C=O) groups is 2. The van der Waals surface area contributed by atoms with Gasteiger partial charge in [0.1, 0.15) is 5.15 Å². The molecular formula is C13H10ClN3O2. The van der Waals surface area contributed by atoms with Crippen molar-refractivity contribution in [3.05, 3.63) is 53.3 Å². The number of nitrogens with zero attached hydrogens (tertiary/aromatic N) is 1. The number of para-hydroxylation sites is 2. The van der Waals surface area contributed by atoms with Crippen LogP contribution < -0.4 is 10.6 Å². The van der Waals surface area contributed by atoms with Gasteiger partial charge in [0.2, 0.25) is 6.41 Å². The van der Waals surface area contributed by atoms with Crippen molar-refractivity contribution in [3.63, 3.8) is 0 Å². The normalized spacial score (nSPS) is 9.74. The zero-order valence-corrected chi connectivity index (χ0v) is 10.5. The Balaban J connectivity index is 2.24. The number of amides is 2. The van der Waals surface area contributed by atoms with Crippen molar-refractivity contribution >= 4 is 35.3 Å². The van der Waals surface area contributed by atoms with E-state index in [4.69, 9.17) is 11.6 Å². The van der Waals surface area contributed by atoms with Crippen LogP contribution in [0, 0.1) is 0 Å². The van der Waals surface area contributed by atoms with Crippen LogP contribution in [0.3, 0.4) is 0 Å². The minimum Gasteiger partial charge on any atom is -0.327 e. The maximum Gasteiger partial charge on any atom is 0.258 e. The van der Waals surface area contributed by atoms with Gasteiger partial charge in [-0.3, -0.25) is 9.59 Å². The average molecular weight is 276 g/mol. The second-order valence-corrected chi connectivity index (χ2v) is 3.96. The van der Waals surface area contributed by atoms with E-state index in [0.29, 0.717) is 17.8 Å². The predicted octanol–water partition coefficient (Wildman–Crippen LogP) is 2.56. The number of hydrogen-bond acceptors (Lipinski definition) is 3. The van der Waals surface area contributed by atoms with Gasteiger partial charge in [0.05, 0.1) is 16.9 Å². The monoisotopic (exact) mass is 275 g/mol. The largest absolute Gasteiger partial charge is 0.327 e. The van der Waals surface area contributed by atoms with Crippen LogP contribution in [0.5, 0.6) is 0 Å². The van der Waals surface area contributed by atoms with Gasteiger partial charge in [0.25, 0.3) is 5.91 Å². The Bertz CT molecular complexity index is 616. The fraction of sp³-hybridized carbons (Fsp3) is 0. The van der Waals surface area contributed by atoms with Crippen LogP contribution >= 0.6 is 11.6 Å². The first-order valence-electron chi connectivity index (χ1n) is 5.43. The SMILES string of the molecule is O=CNc1ccccc1NC(=O)c1cccnc1Cl. The molecule has 0 saturated heterocycles. The van der Waals surface area contributed by atoms with Gasteiger partial charge in [0.15, 0.2) is 0 Å². The third-order valence-corrected chi connectivity index (χ3v) is 2.69. The summed E-state index contributed by atoms with van der Waals surface area (Å²) in [5.74, 6) is -0.391. The number of aromatic nitrogens is 1. The quantitative estimate of drug-likeness (QED) is 0.665. The first-order valence-corrected chi connectivity index (χ1v) is 5.81. The van der Waals surface area contributed by atoms with E-state index in [0.717, 1.165) is 0 Å². The minimum absolute atomic E-state index is 0.126. The Kier molecular flexibility index (Phi) is 4.10. The molecule has 19 heavy (non-hydrogen) atoms. The summed E-state index contributed by atoms with van der Waals surface area (Å²) < 4.78 is 0. The molecule has 0 unspecified atom stereocenters. The van der Waals surface area contributed by atoms with E-state index in [1.807, 2.05) is 0 Å². The summed E-state index contributed by atoms with van der Waals surface area (Å²) >= 11 is 5.84. The fourth-order valence-corrected chi connectivity index (χ4v) is 1.73. The molecule has 0 bridgehead atoms. The second-order valence-electron chi connectivity index (χ2n) is 3.60.